The minimum atomic E-state index is -0.359. The summed E-state index contributed by atoms with van der Waals surface area (Å²) in [6.07, 6.45) is 0.378. The number of carbonyl (C=O) groups excluding carboxylic acids is 1. The lowest BCUT2D eigenvalue weighted by molar-refractivity contribution is -0.143. The minimum absolute atomic E-state index is 0.120. The molecule has 0 amide bonds. The third-order valence-corrected chi connectivity index (χ3v) is 3.94. The largest absolute Gasteiger partial charge is 0.466 e. The van der Waals surface area contributed by atoms with E-state index in [0.29, 0.717) is 34.8 Å². The molecule has 0 unspecified atom stereocenters. The Morgan fingerprint density at radius 3 is 2.88 bits per heavy atom. The van der Waals surface area contributed by atoms with Gasteiger partial charge in [-0.3, -0.25) is 14.7 Å². The predicted molar refractivity (Wildman–Crippen MR) is 90.9 cm³/mol. The Balaban J connectivity index is 1.99. The van der Waals surface area contributed by atoms with Gasteiger partial charge in [0, 0.05) is 29.3 Å². The number of rotatable bonds is 5. The average molecular weight is 343 g/mol. The summed E-state index contributed by atoms with van der Waals surface area (Å²) < 4.78 is 19.6. The lowest BCUT2D eigenvalue weighted by atomic mass is 10.1. The number of nitrogens with one attached hydrogen (secondary N) is 1. The van der Waals surface area contributed by atoms with Crippen LogP contribution in [0.15, 0.2) is 35.1 Å². The summed E-state index contributed by atoms with van der Waals surface area (Å²) in [7, 11) is 0. The molecule has 0 bridgehead atoms. The first kappa shape index (κ1) is 16.9. The fraction of sp³-hybridized carbons (Fsp3) is 0.278. The Morgan fingerprint density at radius 1 is 1.36 bits per heavy atom. The van der Waals surface area contributed by atoms with Crippen LogP contribution in [0.1, 0.15) is 24.6 Å². The number of fused-ring (bicyclic) bond motifs is 1. The molecule has 2 heterocycles. The summed E-state index contributed by atoms with van der Waals surface area (Å²) in [4.78, 5) is 28.6. The summed E-state index contributed by atoms with van der Waals surface area (Å²) in [5.74, 6) is -0.707. The van der Waals surface area contributed by atoms with Crippen LogP contribution in [-0.4, -0.2) is 27.2 Å². The molecular weight excluding hydrogens is 325 g/mol. The zero-order valence-corrected chi connectivity index (χ0v) is 14.0. The molecule has 0 spiro atoms. The molecule has 0 aliphatic rings. The highest BCUT2D eigenvalue weighted by Gasteiger charge is 2.14. The molecule has 3 aromatic rings. The van der Waals surface area contributed by atoms with Crippen LogP contribution < -0.4 is 5.56 Å². The Morgan fingerprint density at radius 2 is 2.16 bits per heavy atom. The molecule has 1 N–H and O–H groups in total. The van der Waals surface area contributed by atoms with E-state index in [1.165, 1.54) is 16.6 Å². The second kappa shape index (κ2) is 6.88. The lowest BCUT2D eigenvalue weighted by Gasteiger charge is -2.05. The van der Waals surface area contributed by atoms with Crippen molar-refractivity contribution in [2.24, 2.45) is 0 Å². The number of carbonyl (C=O) groups is 1. The molecule has 0 saturated heterocycles. The van der Waals surface area contributed by atoms with Gasteiger partial charge in [-0.1, -0.05) is 12.1 Å². The fourth-order valence-corrected chi connectivity index (χ4v) is 2.72. The van der Waals surface area contributed by atoms with Gasteiger partial charge in [0.25, 0.3) is 5.56 Å². The van der Waals surface area contributed by atoms with Crippen LogP contribution in [-0.2, 0) is 16.0 Å². The SMILES string of the molecule is CCOC(=O)CCc1c(C)nc2cc(-c3cccc(F)c3)[nH]n2c1=O. The maximum Gasteiger partial charge on any atom is 0.306 e. The molecule has 130 valence electrons. The Labute approximate surface area is 143 Å². The first-order valence-electron chi connectivity index (χ1n) is 8.02. The van der Waals surface area contributed by atoms with E-state index in [0.717, 1.165) is 0 Å². The molecule has 0 radical (unpaired) electrons. The Bertz CT molecular complexity index is 991. The van der Waals surface area contributed by atoms with Crippen LogP contribution in [0.25, 0.3) is 16.9 Å². The maximum absolute atomic E-state index is 13.4. The second-order valence-electron chi connectivity index (χ2n) is 5.66. The topological polar surface area (TPSA) is 76.5 Å². The van der Waals surface area contributed by atoms with Crippen molar-refractivity contribution in [1.29, 1.82) is 0 Å². The van der Waals surface area contributed by atoms with E-state index in [1.54, 1.807) is 32.0 Å². The molecule has 0 aliphatic carbocycles. The number of ether oxygens (including phenoxy) is 1. The van der Waals surface area contributed by atoms with Gasteiger partial charge in [-0.05, 0) is 32.4 Å². The number of aromatic amines is 1. The summed E-state index contributed by atoms with van der Waals surface area (Å²) in [5, 5.41) is 2.95. The monoisotopic (exact) mass is 343 g/mol. The highest BCUT2D eigenvalue weighted by Crippen LogP contribution is 2.19. The van der Waals surface area contributed by atoms with Gasteiger partial charge in [0.2, 0.25) is 0 Å². The zero-order valence-electron chi connectivity index (χ0n) is 14.0. The van der Waals surface area contributed by atoms with Crippen molar-refractivity contribution in [3.05, 3.63) is 57.8 Å². The van der Waals surface area contributed by atoms with Crippen molar-refractivity contribution < 1.29 is 13.9 Å². The number of H-pyrrole nitrogens is 1. The van der Waals surface area contributed by atoms with Crippen molar-refractivity contribution in [2.45, 2.75) is 26.7 Å². The van der Waals surface area contributed by atoms with E-state index in [2.05, 4.69) is 10.1 Å². The molecule has 0 aliphatic heterocycles. The molecule has 25 heavy (non-hydrogen) atoms. The van der Waals surface area contributed by atoms with Gasteiger partial charge >= 0.3 is 5.97 Å². The van der Waals surface area contributed by atoms with Crippen LogP contribution in [0, 0.1) is 12.7 Å². The van der Waals surface area contributed by atoms with Crippen molar-refractivity contribution in [3.63, 3.8) is 0 Å². The molecule has 6 nitrogen and oxygen atoms in total. The predicted octanol–water partition coefficient (Wildman–Crippen LogP) is 2.63. The van der Waals surface area contributed by atoms with Crippen molar-refractivity contribution in [3.8, 4) is 11.3 Å². The normalized spacial score (nSPS) is 11.0. The third kappa shape index (κ3) is 3.45. The van der Waals surface area contributed by atoms with Crippen LogP contribution in [0.5, 0.6) is 0 Å². The Kier molecular flexibility index (Phi) is 4.65. The molecule has 1 aromatic carbocycles. The molecule has 0 fully saturated rings. The van der Waals surface area contributed by atoms with Crippen LogP contribution >= 0.6 is 0 Å². The first-order valence-corrected chi connectivity index (χ1v) is 8.02. The van der Waals surface area contributed by atoms with E-state index in [1.807, 2.05) is 0 Å². The number of halogens is 1. The van der Waals surface area contributed by atoms with Crippen LogP contribution in [0.2, 0.25) is 0 Å². The zero-order chi connectivity index (χ0) is 18.0. The lowest BCUT2D eigenvalue weighted by Crippen LogP contribution is -2.22. The quantitative estimate of drug-likeness (QED) is 0.723. The van der Waals surface area contributed by atoms with Gasteiger partial charge in [-0.25, -0.2) is 13.9 Å². The van der Waals surface area contributed by atoms with Crippen molar-refractivity contribution in [1.82, 2.24) is 14.6 Å². The minimum Gasteiger partial charge on any atom is -0.466 e. The number of benzene rings is 1. The van der Waals surface area contributed by atoms with E-state index in [-0.39, 0.29) is 30.2 Å². The van der Waals surface area contributed by atoms with Gasteiger partial charge < -0.3 is 4.74 Å². The highest BCUT2D eigenvalue weighted by atomic mass is 19.1. The van der Waals surface area contributed by atoms with Crippen molar-refractivity contribution >= 4 is 11.6 Å². The molecule has 0 atom stereocenters. The van der Waals surface area contributed by atoms with E-state index < -0.39 is 0 Å². The number of aryl methyl sites for hydroxylation is 1. The van der Waals surface area contributed by atoms with Gasteiger partial charge in [-0.2, -0.15) is 0 Å². The number of hydrogen-bond acceptors (Lipinski definition) is 4. The molecule has 3 rings (SSSR count). The smallest absolute Gasteiger partial charge is 0.306 e. The summed E-state index contributed by atoms with van der Waals surface area (Å²) in [5.41, 5.74) is 2.41. The molecule has 2 aromatic heterocycles. The second-order valence-corrected chi connectivity index (χ2v) is 5.66. The Hall–Kier alpha value is -2.96. The first-order chi connectivity index (χ1) is 12.0. The molecule has 7 heteroatoms. The highest BCUT2D eigenvalue weighted by molar-refractivity contribution is 5.69. The van der Waals surface area contributed by atoms with Crippen LogP contribution in [0.3, 0.4) is 0 Å². The van der Waals surface area contributed by atoms with Crippen molar-refractivity contribution in [2.75, 3.05) is 6.61 Å². The standard InChI is InChI=1S/C18H18FN3O3/c1-3-25-17(23)8-7-14-11(2)20-16-10-15(21-22(16)18(14)24)12-5-4-6-13(19)9-12/h4-6,9-10,21H,3,7-8H2,1-2H3. The molecular formula is C18H18FN3O3. The fourth-order valence-electron chi connectivity index (χ4n) is 2.72. The van der Waals surface area contributed by atoms with Gasteiger partial charge in [0.05, 0.1) is 12.3 Å². The summed E-state index contributed by atoms with van der Waals surface area (Å²) >= 11 is 0. The van der Waals surface area contributed by atoms with Gasteiger partial charge in [-0.15, -0.1) is 0 Å². The summed E-state index contributed by atoms with van der Waals surface area (Å²) in [6, 6.07) is 7.77. The average Bonchev–Trinajstić information content (AvgIpc) is 2.99. The summed E-state index contributed by atoms with van der Waals surface area (Å²) in [6.45, 7) is 3.77. The number of hydrogen-bond donors (Lipinski definition) is 1. The number of esters is 1. The number of aromatic nitrogens is 3. The van der Waals surface area contributed by atoms with E-state index in [4.69, 9.17) is 4.74 Å². The van der Waals surface area contributed by atoms with E-state index >= 15 is 0 Å². The van der Waals surface area contributed by atoms with Gasteiger partial charge in [0.15, 0.2) is 5.65 Å². The molecule has 0 saturated carbocycles. The van der Waals surface area contributed by atoms with E-state index in [9.17, 15) is 14.0 Å². The van der Waals surface area contributed by atoms with Crippen LogP contribution in [0.4, 0.5) is 4.39 Å². The maximum atomic E-state index is 13.4. The number of nitrogens with zero attached hydrogens (tertiary/aromatic N) is 2. The van der Waals surface area contributed by atoms with Gasteiger partial charge in [0.1, 0.15) is 5.82 Å². The third-order valence-electron chi connectivity index (χ3n) is 3.94.